The van der Waals surface area contributed by atoms with E-state index in [2.05, 4.69) is 5.32 Å². The maximum absolute atomic E-state index is 12.4. The normalized spacial score (nSPS) is 17.5. The van der Waals surface area contributed by atoms with Gasteiger partial charge >= 0.3 is 6.09 Å². The second kappa shape index (κ2) is 6.86. The quantitative estimate of drug-likeness (QED) is 0.676. The molecular formula is C16H21N3O5. The molecule has 8 heteroatoms. The molecule has 1 fully saturated rings. The highest BCUT2D eigenvalue weighted by molar-refractivity contribution is 5.96. The number of carbonyl (C=O) groups excluding carboxylic acids is 2. The van der Waals surface area contributed by atoms with Gasteiger partial charge in [-0.05, 0) is 45.7 Å². The Morgan fingerprint density at radius 2 is 1.92 bits per heavy atom. The van der Waals surface area contributed by atoms with Crippen LogP contribution in [0, 0.1) is 10.1 Å². The van der Waals surface area contributed by atoms with Crippen molar-refractivity contribution < 1.29 is 19.2 Å². The summed E-state index contributed by atoms with van der Waals surface area (Å²) in [5.41, 5.74) is -0.232. The van der Waals surface area contributed by atoms with E-state index in [4.69, 9.17) is 4.74 Å². The fourth-order valence-corrected chi connectivity index (χ4v) is 2.47. The van der Waals surface area contributed by atoms with Crippen LogP contribution >= 0.6 is 0 Å². The first-order chi connectivity index (χ1) is 11.2. The molecule has 8 nitrogen and oxygen atoms in total. The predicted molar refractivity (Wildman–Crippen MR) is 87.7 cm³/mol. The van der Waals surface area contributed by atoms with E-state index >= 15 is 0 Å². The molecular weight excluding hydrogens is 314 g/mol. The van der Waals surface area contributed by atoms with E-state index in [0.29, 0.717) is 18.7 Å². The smallest absolute Gasteiger partial charge is 0.410 e. The molecule has 1 saturated heterocycles. The highest BCUT2D eigenvalue weighted by atomic mass is 16.6. The van der Waals surface area contributed by atoms with E-state index < -0.39 is 22.7 Å². The van der Waals surface area contributed by atoms with Crippen molar-refractivity contribution in [1.29, 1.82) is 0 Å². The number of anilines is 1. The second-order valence-electron chi connectivity index (χ2n) is 6.62. The summed E-state index contributed by atoms with van der Waals surface area (Å²) in [7, 11) is 0. The first-order valence-corrected chi connectivity index (χ1v) is 7.72. The lowest BCUT2D eigenvalue weighted by Crippen LogP contribution is -2.45. The van der Waals surface area contributed by atoms with Crippen LogP contribution in [0.2, 0.25) is 0 Å². The Morgan fingerprint density at radius 3 is 2.46 bits per heavy atom. The van der Waals surface area contributed by atoms with Crippen LogP contribution < -0.4 is 5.32 Å². The minimum absolute atomic E-state index is 0.0516. The molecule has 0 aliphatic carbocycles. The van der Waals surface area contributed by atoms with E-state index in [0.717, 1.165) is 6.42 Å². The predicted octanol–water partition coefficient (Wildman–Crippen LogP) is 2.93. The summed E-state index contributed by atoms with van der Waals surface area (Å²) in [4.78, 5) is 36.2. The van der Waals surface area contributed by atoms with Gasteiger partial charge in [-0.1, -0.05) is 0 Å². The van der Waals surface area contributed by atoms with E-state index in [-0.39, 0.29) is 11.6 Å². The number of carbonyl (C=O) groups is 2. The number of rotatable bonds is 3. The zero-order valence-corrected chi connectivity index (χ0v) is 13.9. The molecule has 1 atom stereocenters. The average Bonchev–Trinajstić information content (AvgIpc) is 2.95. The van der Waals surface area contributed by atoms with Crippen LogP contribution in [-0.2, 0) is 9.53 Å². The highest BCUT2D eigenvalue weighted by Crippen LogP contribution is 2.23. The number of hydrogen-bond donors (Lipinski definition) is 1. The molecule has 0 radical (unpaired) electrons. The molecule has 24 heavy (non-hydrogen) atoms. The number of amides is 2. The maximum atomic E-state index is 12.4. The van der Waals surface area contributed by atoms with Crippen LogP contribution in [0.25, 0.3) is 0 Å². The molecule has 1 aliphatic heterocycles. The molecule has 1 N–H and O–H groups in total. The fourth-order valence-electron chi connectivity index (χ4n) is 2.47. The summed E-state index contributed by atoms with van der Waals surface area (Å²) in [5.74, 6) is -0.327. The lowest BCUT2D eigenvalue weighted by molar-refractivity contribution is -0.384. The lowest BCUT2D eigenvalue weighted by atomic mass is 10.2. The number of non-ortho nitro benzene ring substituents is 1. The maximum Gasteiger partial charge on any atom is 0.410 e. The first kappa shape index (κ1) is 17.7. The second-order valence-corrected chi connectivity index (χ2v) is 6.62. The van der Waals surface area contributed by atoms with Gasteiger partial charge in [0.2, 0.25) is 5.91 Å². The van der Waals surface area contributed by atoms with Crippen LogP contribution in [-0.4, -0.2) is 40.0 Å². The summed E-state index contributed by atoms with van der Waals surface area (Å²) < 4.78 is 5.33. The molecule has 2 amide bonds. The molecule has 0 spiro atoms. The summed E-state index contributed by atoms with van der Waals surface area (Å²) in [5, 5.41) is 13.3. The van der Waals surface area contributed by atoms with Gasteiger partial charge in [0.25, 0.3) is 5.69 Å². The number of ether oxygens (including phenoxy) is 1. The van der Waals surface area contributed by atoms with Crippen molar-refractivity contribution in [2.75, 3.05) is 11.9 Å². The first-order valence-electron chi connectivity index (χ1n) is 7.72. The Bertz CT molecular complexity index is 636. The molecule has 0 aromatic heterocycles. The molecule has 0 saturated carbocycles. The third kappa shape index (κ3) is 4.43. The lowest BCUT2D eigenvalue weighted by Gasteiger charge is -2.28. The number of benzene rings is 1. The Kier molecular flexibility index (Phi) is 5.06. The Balaban J connectivity index is 2.02. The van der Waals surface area contributed by atoms with Gasteiger partial charge in [-0.2, -0.15) is 0 Å². The van der Waals surface area contributed by atoms with E-state index in [1.54, 1.807) is 20.8 Å². The minimum atomic E-state index is -0.626. The van der Waals surface area contributed by atoms with Gasteiger partial charge in [0, 0.05) is 24.4 Å². The van der Waals surface area contributed by atoms with Gasteiger partial charge in [0.1, 0.15) is 11.6 Å². The standard InChI is InChI=1S/C16H21N3O5/c1-16(2,3)24-15(21)18-10-4-5-13(18)14(20)17-11-6-8-12(9-7-11)19(22)23/h6-9,13H,4-5,10H2,1-3H3,(H,17,20). The van der Waals surface area contributed by atoms with Crippen LogP contribution in [0.3, 0.4) is 0 Å². The van der Waals surface area contributed by atoms with Crippen molar-refractivity contribution in [2.24, 2.45) is 0 Å². The van der Waals surface area contributed by atoms with Crippen LogP contribution in [0.5, 0.6) is 0 Å². The zero-order chi connectivity index (χ0) is 17.9. The molecule has 2 rings (SSSR count). The number of likely N-dealkylation sites (tertiary alicyclic amines) is 1. The van der Waals surface area contributed by atoms with Crippen molar-refractivity contribution in [3.63, 3.8) is 0 Å². The van der Waals surface area contributed by atoms with Crippen molar-refractivity contribution in [3.05, 3.63) is 34.4 Å². The summed E-state index contributed by atoms with van der Waals surface area (Å²) in [6, 6.07) is 4.95. The number of nitrogens with one attached hydrogen (secondary N) is 1. The Morgan fingerprint density at radius 1 is 1.29 bits per heavy atom. The fraction of sp³-hybridized carbons (Fsp3) is 0.500. The Hall–Kier alpha value is -2.64. The Labute approximate surface area is 139 Å². The van der Waals surface area contributed by atoms with Crippen molar-refractivity contribution in [2.45, 2.75) is 45.3 Å². The van der Waals surface area contributed by atoms with Crippen molar-refractivity contribution in [3.8, 4) is 0 Å². The van der Waals surface area contributed by atoms with Crippen LogP contribution in [0.1, 0.15) is 33.6 Å². The summed E-state index contributed by atoms with van der Waals surface area (Å²) >= 11 is 0. The minimum Gasteiger partial charge on any atom is -0.444 e. The van der Waals surface area contributed by atoms with Gasteiger partial charge < -0.3 is 10.1 Å². The van der Waals surface area contributed by atoms with Gasteiger partial charge in [0.15, 0.2) is 0 Å². The number of nitro benzene ring substituents is 1. The SMILES string of the molecule is CC(C)(C)OC(=O)N1CCCC1C(=O)Nc1ccc([N+](=O)[O-])cc1. The summed E-state index contributed by atoms with van der Waals surface area (Å²) in [6.07, 6.45) is 0.763. The summed E-state index contributed by atoms with van der Waals surface area (Å²) in [6.45, 7) is 5.78. The van der Waals surface area contributed by atoms with Gasteiger partial charge in [-0.3, -0.25) is 19.8 Å². The third-order valence-corrected chi connectivity index (χ3v) is 3.53. The average molecular weight is 335 g/mol. The van der Waals surface area contributed by atoms with Crippen LogP contribution in [0.4, 0.5) is 16.2 Å². The molecule has 1 aromatic carbocycles. The molecule has 1 aliphatic rings. The number of hydrogen-bond acceptors (Lipinski definition) is 5. The monoisotopic (exact) mass is 335 g/mol. The number of nitro groups is 1. The van der Waals surface area contributed by atoms with Gasteiger partial charge in [-0.25, -0.2) is 4.79 Å². The van der Waals surface area contributed by atoms with Crippen molar-refractivity contribution >= 4 is 23.4 Å². The number of nitrogens with zero attached hydrogens (tertiary/aromatic N) is 2. The highest BCUT2D eigenvalue weighted by Gasteiger charge is 2.36. The van der Waals surface area contributed by atoms with Crippen LogP contribution in [0.15, 0.2) is 24.3 Å². The van der Waals surface area contributed by atoms with Crippen molar-refractivity contribution in [1.82, 2.24) is 4.90 Å². The van der Waals surface area contributed by atoms with Gasteiger partial charge in [-0.15, -0.1) is 0 Å². The zero-order valence-electron chi connectivity index (χ0n) is 13.9. The van der Waals surface area contributed by atoms with E-state index in [9.17, 15) is 19.7 Å². The largest absolute Gasteiger partial charge is 0.444 e. The molecule has 1 unspecified atom stereocenters. The molecule has 130 valence electrons. The molecule has 1 aromatic rings. The van der Waals surface area contributed by atoms with E-state index in [1.807, 2.05) is 0 Å². The van der Waals surface area contributed by atoms with Gasteiger partial charge in [0.05, 0.1) is 4.92 Å². The topological polar surface area (TPSA) is 102 Å². The third-order valence-electron chi connectivity index (χ3n) is 3.53. The molecule has 1 heterocycles. The van der Waals surface area contributed by atoms with E-state index in [1.165, 1.54) is 29.2 Å². The molecule has 0 bridgehead atoms.